The standard InChI is InChI=1S/C33H58BN2O8PS/c1-3-4-5-6-7-8-9-10-11-12-13-14-18-23-35-32(37)36-24-19-22-28-30(44-45(39,46)40-2)29(43-31(28)34)26-42-33(38)41-25-27-20-16-15-17-21-27/h15-17,20-21,28-31H,3-14,18-19,22-26,34H2,1-2H3,(H,39,46)(H2,35,36,37)/t28-,29+,30?,31+,45?/m0/s1. The van der Waals surface area contributed by atoms with Crippen molar-refractivity contribution in [2.75, 3.05) is 26.8 Å². The first-order valence-electron chi connectivity index (χ1n) is 17.3. The fourth-order valence-corrected chi connectivity index (χ4v) is 6.71. The summed E-state index contributed by atoms with van der Waals surface area (Å²) in [5.41, 5.74) is 0.842. The van der Waals surface area contributed by atoms with Crippen LogP contribution in [0.15, 0.2) is 30.3 Å². The van der Waals surface area contributed by atoms with E-state index in [-0.39, 0.29) is 31.2 Å². The highest BCUT2D eigenvalue weighted by atomic mass is 32.5. The van der Waals surface area contributed by atoms with Crippen LogP contribution in [0.4, 0.5) is 9.59 Å². The first-order chi connectivity index (χ1) is 22.3. The van der Waals surface area contributed by atoms with E-state index in [1.807, 2.05) is 38.2 Å². The van der Waals surface area contributed by atoms with E-state index in [0.717, 1.165) is 18.4 Å². The lowest BCUT2D eigenvalue weighted by atomic mass is 9.82. The van der Waals surface area contributed by atoms with Crippen molar-refractivity contribution in [2.45, 2.75) is 128 Å². The molecule has 2 amide bonds. The van der Waals surface area contributed by atoms with E-state index < -0.39 is 25.1 Å². The molecule has 1 fully saturated rings. The summed E-state index contributed by atoms with van der Waals surface area (Å²) < 4.78 is 27.4. The molecule has 0 aromatic heterocycles. The maximum Gasteiger partial charge on any atom is 0.508 e. The number of rotatable bonds is 25. The van der Waals surface area contributed by atoms with Crippen LogP contribution in [0.5, 0.6) is 0 Å². The van der Waals surface area contributed by atoms with Crippen LogP contribution in [0.25, 0.3) is 0 Å². The van der Waals surface area contributed by atoms with Crippen molar-refractivity contribution in [3.8, 4) is 0 Å². The molecule has 5 atom stereocenters. The van der Waals surface area contributed by atoms with E-state index in [9.17, 15) is 14.5 Å². The first kappa shape index (κ1) is 40.5. The Morgan fingerprint density at radius 2 is 1.46 bits per heavy atom. The topological polar surface area (TPSA) is 125 Å². The van der Waals surface area contributed by atoms with E-state index in [4.69, 9.17) is 35.1 Å². The highest BCUT2D eigenvalue weighted by molar-refractivity contribution is 8.07. The Balaban J connectivity index is 1.60. The fourth-order valence-electron chi connectivity index (χ4n) is 5.73. The van der Waals surface area contributed by atoms with Gasteiger partial charge >= 0.3 is 18.9 Å². The van der Waals surface area contributed by atoms with Gasteiger partial charge in [0.25, 0.3) is 0 Å². The van der Waals surface area contributed by atoms with Gasteiger partial charge in [-0.1, -0.05) is 114 Å². The predicted molar refractivity (Wildman–Crippen MR) is 188 cm³/mol. The number of amides is 2. The van der Waals surface area contributed by atoms with E-state index in [2.05, 4.69) is 17.6 Å². The lowest BCUT2D eigenvalue weighted by molar-refractivity contribution is -0.0272. The molecule has 2 unspecified atom stereocenters. The smallest absolute Gasteiger partial charge is 0.431 e. The molecule has 10 nitrogen and oxygen atoms in total. The minimum Gasteiger partial charge on any atom is -0.431 e. The van der Waals surface area contributed by atoms with Crippen molar-refractivity contribution in [1.29, 1.82) is 0 Å². The van der Waals surface area contributed by atoms with E-state index >= 15 is 0 Å². The summed E-state index contributed by atoms with van der Waals surface area (Å²) in [7, 11) is 3.19. The zero-order valence-corrected chi connectivity index (χ0v) is 30.0. The summed E-state index contributed by atoms with van der Waals surface area (Å²) in [5, 5.41) is 5.86. The summed E-state index contributed by atoms with van der Waals surface area (Å²) >= 11 is 5.11. The Morgan fingerprint density at radius 1 is 0.891 bits per heavy atom. The Hall–Kier alpha value is -1.69. The van der Waals surface area contributed by atoms with Gasteiger partial charge in [0.15, 0.2) is 0 Å². The van der Waals surface area contributed by atoms with Crippen LogP contribution in [0, 0.1) is 5.92 Å². The van der Waals surface area contributed by atoms with Crippen molar-refractivity contribution in [1.82, 2.24) is 10.6 Å². The summed E-state index contributed by atoms with van der Waals surface area (Å²) in [4.78, 5) is 34.9. The molecular weight excluding hydrogens is 626 g/mol. The van der Waals surface area contributed by atoms with Crippen LogP contribution < -0.4 is 10.6 Å². The van der Waals surface area contributed by atoms with Crippen LogP contribution in [-0.2, 0) is 41.7 Å². The van der Waals surface area contributed by atoms with Gasteiger partial charge in [0.2, 0.25) is 0 Å². The zero-order chi connectivity index (χ0) is 33.5. The number of carbonyl (C=O) groups is 2. The maximum atomic E-state index is 12.3. The molecule has 3 N–H and O–H groups in total. The number of urea groups is 1. The predicted octanol–water partition coefficient (Wildman–Crippen LogP) is 6.73. The van der Waals surface area contributed by atoms with E-state index in [1.165, 1.54) is 77.7 Å². The summed E-state index contributed by atoms with van der Waals surface area (Å²) in [6.45, 7) is -0.146. The van der Waals surface area contributed by atoms with Crippen molar-refractivity contribution in [2.24, 2.45) is 5.92 Å². The molecular formula is C33H58BN2O8PS. The number of carbonyl (C=O) groups excluding carboxylic acids is 2. The number of hydrogen-bond donors (Lipinski definition) is 3. The molecule has 1 aromatic rings. The molecule has 0 radical (unpaired) electrons. The molecule has 262 valence electrons. The molecule has 1 aromatic carbocycles. The highest BCUT2D eigenvalue weighted by Crippen LogP contribution is 2.48. The van der Waals surface area contributed by atoms with Gasteiger partial charge in [-0.3, -0.25) is 0 Å². The molecule has 2 rings (SSSR count). The van der Waals surface area contributed by atoms with Gasteiger partial charge in [-0.15, -0.1) is 0 Å². The van der Waals surface area contributed by atoms with E-state index in [1.54, 1.807) is 0 Å². The minimum absolute atomic E-state index is 0.0885. The third-order valence-electron chi connectivity index (χ3n) is 8.40. The maximum absolute atomic E-state index is 12.3. The van der Waals surface area contributed by atoms with Gasteiger partial charge in [-0.2, -0.15) is 0 Å². The van der Waals surface area contributed by atoms with Gasteiger partial charge in [0.1, 0.15) is 33.3 Å². The normalized spacial score (nSPS) is 20.6. The molecule has 0 bridgehead atoms. The van der Waals surface area contributed by atoms with Crippen molar-refractivity contribution < 1.29 is 37.7 Å². The van der Waals surface area contributed by atoms with Crippen molar-refractivity contribution in [3.05, 3.63) is 35.9 Å². The number of unbranched alkanes of at least 4 members (excludes halogenated alkanes) is 12. The number of nitrogens with one attached hydrogen (secondary N) is 2. The largest absolute Gasteiger partial charge is 0.508 e. The van der Waals surface area contributed by atoms with Crippen LogP contribution in [-0.4, -0.2) is 69.9 Å². The second-order valence-corrected chi connectivity index (χ2v) is 15.1. The van der Waals surface area contributed by atoms with Crippen LogP contribution in [0.1, 0.15) is 109 Å². The van der Waals surface area contributed by atoms with Crippen LogP contribution in [0.3, 0.4) is 0 Å². The average molecular weight is 685 g/mol. The second-order valence-electron chi connectivity index (χ2n) is 12.2. The quantitative estimate of drug-likeness (QED) is 0.0445. The van der Waals surface area contributed by atoms with Gasteiger partial charge < -0.3 is 38.8 Å². The summed E-state index contributed by atoms with van der Waals surface area (Å²) in [5.74, 6) is -0.158. The molecule has 1 heterocycles. The Kier molecular flexibility index (Phi) is 21.5. The van der Waals surface area contributed by atoms with Gasteiger partial charge in [0, 0.05) is 32.1 Å². The molecule has 0 saturated carbocycles. The van der Waals surface area contributed by atoms with Gasteiger partial charge in [-0.25, -0.2) is 9.59 Å². The summed E-state index contributed by atoms with van der Waals surface area (Å²) in [6.07, 6.45) is 16.0. The van der Waals surface area contributed by atoms with Crippen molar-refractivity contribution in [3.63, 3.8) is 0 Å². The first-order valence-corrected chi connectivity index (χ1v) is 19.9. The van der Waals surface area contributed by atoms with Crippen LogP contribution >= 0.6 is 6.72 Å². The summed E-state index contributed by atoms with van der Waals surface area (Å²) in [6, 6.07) is 8.87. The Labute approximate surface area is 283 Å². The number of benzene rings is 1. The van der Waals surface area contributed by atoms with Gasteiger partial charge in [-0.05, 0) is 36.6 Å². The average Bonchev–Trinajstić information content (AvgIpc) is 3.34. The number of hydrogen-bond acceptors (Lipinski definition) is 8. The monoisotopic (exact) mass is 684 g/mol. The number of ether oxygens (including phenoxy) is 3. The van der Waals surface area contributed by atoms with Gasteiger partial charge in [0.05, 0.1) is 0 Å². The third kappa shape index (κ3) is 18.0. The van der Waals surface area contributed by atoms with Crippen molar-refractivity contribution >= 4 is 38.6 Å². The second kappa shape index (κ2) is 24.5. The fraction of sp³-hybridized carbons (Fsp3) is 0.758. The van der Waals surface area contributed by atoms with E-state index in [0.29, 0.717) is 25.9 Å². The Morgan fingerprint density at radius 3 is 2.04 bits per heavy atom. The molecule has 46 heavy (non-hydrogen) atoms. The highest BCUT2D eigenvalue weighted by Gasteiger charge is 2.45. The van der Waals surface area contributed by atoms with Crippen LogP contribution in [0.2, 0.25) is 0 Å². The molecule has 13 heteroatoms. The Bertz CT molecular complexity index is 1010. The third-order valence-corrected chi connectivity index (χ3v) is 10.1. The molecule has 0 aliphatic carbocycles. The lowest BCUT2D eigenvalue weighted by Crippen LogP contribution is -2.37. The molecule has 1 aliphatic rings. The molecule has 1 aliphatic heterocycles. The molecule has 0 spiro atoms. The lowest BCUT2D eigenvalue weighted by Gasteiger charge is -2.27. The SMILES string of the molecule is B[C@@H]1O[C@H](COC(=O)OCc2ccccc2)C(OP(O)(=S)OC)[C@@H]1CCCNC(=O)NCCCCCCCCCCCCCCC. The molecule has 1 saturated heterocycles. The zero-order valence-electron chi connectivity index (χ0n) is 28.3. The minimum atomic E-state index is -3.51.